The standard InChI is InChI=1S/C22H35NO5Si/c1-5-13-29(14-6-2,17(3)4)28-16-18(11-12-24)15-27-23-21(25)19-9-7-8-10-20(19)22(23)26/h7-10,17-18,24H,5-6,11-16H2,1-4H3. The summed E-state index contributed by atoms with van der Waals surface area (Å²) in [5.74, 6) is -0.946. The zero-order chi connectivity index (χ0) is 21.4. The smallest absolute Gasteiger partial charge is 0.285 e. The second kappa shape index (κ2) is 11.0. The van der Waals surface area contributed by atoms with E-state index in [0.717, 1.165) is 30.0 Å². The van der Waals surface area contributed by atoms with Crippen molar-refractivity contribution in [3.63, 3.8) is 0 Å². The van der Waals surface area contributed by atoms with E-state index in [2.05, 4.69) is 27.7 Å². The molecule has 1 heterocycles. The van der Waals surface area contributed by atoms with Crippen molar-refractivity contribution in [2.24, 2.45) is 5.92 Å². The number of rotatable bonds is 13. The van der Waals surface area contributed by atoms with E-state index in [1.165, 1.54) is 0 Å². The third-order valence-electron chi connectivity index (χ3n) is 5.74. The van der Waals surface area contributed by atoms with Gasteiger partial charge in [-0.3, -0.25) is 14.4 Å². The third kappa shape index (κ3) is 5.54. The van der Waals surface area contributed by atoms with Crippen LogP contribution in [-0.2, 0) is 9.26 Å². The van der Waals surface area contributed by atoms with Crippen LogP contribution in [0.3, 0.4) is 0 Å². The van der Waals surface area contributed by atoms with Crippen molar-refractivity contribution in [3.8, 4) is 0 Å². The Morgan fingerprint density at radius 2 is 1.55 bits per heavy atom. The molecule has 1 atom stereocenters. The molecule has 1 N–H and O–H groups in total. The number of hydrogen-bond acceptors (Lipinski definition) is 5. The van der Waals surface area contributed by atoms with Gasteiger partial charge in [0.15, 0.2) is 8.32 Å². The molecule has 1 aromatic rings. The average molecular weight is 422 g/mol. The van der Waals surface area contributed by atoms with Gasteiger partial charge in [-0.1, -0.05) is 52.7 Å². The Morgan fingerprint density at radius 3 is 2.00 bits per heavy atom. The van der Waals surface area contributed by atoms with Gasteiger partial charge in [-0.25, -0.2) is 0 Å². The monoisotopic (exact) mass is 421 g/mol. The molecule has 0 radical (unpaired) electrons. The molecule has 162 valence electrons. The maximum atomic E-state index is 12.5. The van der Waals surface area contributed by atoms with Gasteiger partial charge >= 0.3 is 0 Å². The van der Waals surface area contributed by atoms with Crippen molar-refractivity contribution in [3.05, 3.63) is 35.4 Å². The molecule has 2 rings (SSSR count). The molecule has 1 aliphatic heterocycles. The lowest BCUT2D eigenvalue weighted by atomic mass is 10.1. The van der Waals surface area contributed by atoms with Crippen LogP contribution in [0.1, 0.15) is 67.7 Å². The first-order chi connectivity index (χ1) is 13.9. The number of carbonyl (C=O) groups is 2. The fourth-order valence-corrected chi connectivity index (χ4v) is 8.29. The highest BCUT2D eigenvalue weighted by molar-refractivity contribution is 6.75. The maximum absolute atomic E-state index is 12.5. The number of carbonyl (C=O) groups excluding carboxylic acids is 2. The van der Waals surface area contributed by atoms with Gasteiger partial charge in [0.05, 0.1) is 17.7 Å². The molecule has 1 unspecified atom stereocenters. The summed E-state index contributed by atoms with van der Waals surface area (Å²) in [6, 6.07) is 8.95. The van der Waals surface area contributed by atoms with E-state index in [0.29, 0.717) is 29.7 Å². The Bertz CT molecular complexity index is 653. The van der Waals surface area contributed by atoms with Gasteiger partial charge < -0.3 is 9.53 Å². The van der Waals surface area contributed by atoms with Gasteiger partial charge in [-0.2, -0.15) is 0 Å². The summed E-state index contributed by atoms with van der Waals surface area (Å²) in [6.45, 7) is 9.53. The molecule has 1 aliphatic rings. The Kier molecular flexibility index (Phi) is 9.01. The zero-order valence-corrected chi connectivity index (χ0v) is 19.1. The fourth-order valence-electron chi connectivity index (χ4n) is 4.01. The van der Waals surface area contributed by atoms with Crippen LogP contribution in [0.15, 0.2) is 24.3 Å². The molecular weight excluding hydrogens is 386 g/mol. The summed E-state index contributed by atoms with van der Waals surface area (Å²) < 4.78 is 6.58. The lowest BCUT2D eigenvalue weighted by Gasteiger charge is -2.36. The minimum Gasteiger partial charge on any atom is -0.416 e. The number of aliphatic hydroxyl groups is 1. The van der Waals surface area contributed by atoms with Gasteiger partial charge in [0.1, 0.15) is 0 Å². The van der Waals surface area contributed by atoms with Gasteiger partial charge in [-0.15, -0.1) is 5.06 Å². The molecule has 0 spiro atoms. The first-order valence-electron chi connectivity index (χ1n) is 10.8. The molecule has 1 aromatic carbocycles. The Hall–Kier alpha value is -1.54. The van der Waals surface area contributed by atoms with Crippen LogP contribution in [-0.4, -0.2) is 50.1 Å². The van der Waals surface area contributed by atoms with Crippen LogP contribution < -0.4 is 0 Å². The highest BCUT2D eigenvalue weighted by Crippen LogP contribution is 2.33. The Labute approximate surface area is 175 Å². The van der Waals surface area contributed by atoms with E-state index in [1.54, 1.807) is 24.3 Å². The van der Waals surface area contributed by atoms with E-state index in [4.69, 9.17) is 9.26 Å². The summed E-state index contributed by atoms with van der Waals surface area (Å²) in [4.78, 5) is 30.6. The number of fused-ring (bicyclic) bond motifs is 1. The average Bonchev–Trinajstić information content (AvgIpc) is 2.94. The number of benzene rings is 1. The third-order valence-corrected chi connectivity index (χ3v) is 11.3. The molecule has 0 bridgehead atoms. The quantitative estimate of drug-likeness (QED) is 0.377. The first-order valence-corrected chi connectivity index (χ1v) is 13.2. The van der Waals surface area contributed by atoms with Gasteiger partial charge in [0, 0.05) is 19.1 Å². The van der Waals surface area contributed by atoms with Gasteiger partial charge in [0.2, 0.25) is 0 Å². The second-order valence-electron chi connectivity index (χ2n) is 8.15. The predicted octanol–water partition coefficient (Wildman–Crippen LogP) is 4.40. The molecule has 0 fully saturated rings. The number of aliphatic hydroxyl groups excluding tert-OH is 1. The van der Waals surface area contributed by atoms with Gasteiger partial charge in [0.25, 0.3) is 11.8 Å². The van der Waals surface area contributed by atoms with E-state index >= 15 is 0 Å². The zero-order valence-electron chi connectivity index (χ0n) is 18.1. The summed E-state index contributed by atoms with van der Waals surface area (Å²) in [5, 5.41) is 10.3. The molecule has 7 heteroatoms. The summed E-state index contributed by atoms with van der Waals surface area (Å²) in [5.41, 5.74) is 1.24. The largest absolute Gasteiger partial charge is 0.416 e. The summed E-state index contributed by atoms with van der Waals surface area (Å²) in [7, 11) is -1.89. The number of nitrogens with zero attached hydrogens (tertiary/aromatic N) is 1. The summed E-state index contributed by atoms with van der Waals surface area (Å²) in [6.07, 6.45) is 2.70. The van der Waals surface area contributed by atoms with Crippen LogP contribution in [0.2, 0.25) is 17.6 Å². The highest BCUT2D eigenvalue weighted by Gasteiger charge is 2.39. The van der Waals surface area contributed by atoms with Crippen LogP contribution in [0.5, 0.6) is 0 Å². The van der Waals surface area contributed by atoms with E-state index in [9.17, 15) is 14.7 Å². The lowest BCUT2D eigenvalue weighted by molar-refractivity contribution is -0.108. The minimum absolute atomic E-state index is 0.0112. The van der Waals surface area contributed by atoms with Crippen LogP contribution in [0.25, 0.3) is 0 Å². The molecule has 0 saturated heterocycles. The Morgan fingerprint density at radius 1 is 1.00 bits per heavy atom. The SMILES string of the molecule is CCC[Si](CCC)(OCC(CCO)CON1C(=O)c2ccccc2C1=O)C(C)C. The molecule has 2 amide bonds. The molecule has 0 aliphatic carbocycles. The van der Waals surface area contributed by atoms with Crippen molar-refractivity contribution >= 4 is 20.1 Å². The maximum Gasteiger partial charge on any atom is 0.285 e. The predicted molar refractivity (Wildman–Crippen MR) is 115 cm³/mol. The normalized spacial score (nSPS) is 15.3. The molecule has 29 heavy (non-hydrogen) atoms. The van der Waals surface area contributed by atoms with Crippen LogP contribution >= 0.6 is 0 Å². The second-order valence-corrected chi connectivity index (χ2v) is 12.7. The van der Waals surface area contributed by atoms with E-state index in [1.807, 2.05) is 0 Å². The Balaban J connectivity index is 2.01. The van der Waals surface area contributed by atoms with Crippen molar-refractivity contribution in [2.75, 3.05) is 19.8 Å². The number of imide groups is 1. The van der Waals surface area contributed by atoms with E-state index < -0.39 is 20.1 Å². The first kappa shape index (κ1) is 23.7. The molecule has 0 aromatic heterocycles. The fraction of sp³-hybridized carbons (Fsp3) is 0.636. The van der Waals surface area contributed by atoms with Crippen molar-refractivity contribution in [1.29, 1.82) is 0 Å². The van der Waals surface area contributed by atoms with Crippen molar-refractivity contribution < 1.29 is 24.0 Å². The molecule has 6 nitrogen and oxygen atoms in total. The highest BCUT2D eigenvalue weighted by atomic mass is 28.4. The number of hydrogen-bond donors (Lipinski definition) is 1. The van der Waals surface area contributed by atoms with Gasteiger partial charge in [-0.05, 0) is 36.2 Å². The molecule has 0 saturated carbocycles. The minimum atomic E-state index is -1.89. The van der Waals surface area contributed by atoms with Crippen molar-refractivity contribution in [2.45, 2.75) is 64.6 Å². The van der Waals surface area contributed by atoms with Crippen LogP contribution in [0, 0.1) is 5.92 Å². The number of hydroxylamine groups is 2. The van der Waals surface area contributed by atoms with Crippen molar-refractivity contribution in [1.82, 2.24) is 5.06 Å². The summed E-state index contributed by atoms with van der Waals surface area (Å²) >= 11 is 0. The topological polar surface area (TPSA) is 76.1 Å². The molecular formula is C22H35NO5Si. The van der Waals surface area contributed by atoms with Crippen LogP contribution in [0.4, 0.5) is 0 Å². The van der Waals surface area contributed by atoms with E-state index in [-0.39, 0.29) is 19.1 Å². The lowest BCUT2D eigenvalue weighted by Crippen LogP contribution is -2.43. The number of amides is 2.